The fourth-order valence-electron chi connectivity index (χ4n) is 7.84. The topological polar surface area (TPSA) is 47.2 Å². The number of esters is 1. The first kappa shape index (κ1) is 27.0. The Hall–Kier alpha value is -1.05. The van der Waals surface area contributed by atoms with Crippen LogP contribution < -0.4 is 21.5 Å². The van der Waals surface area contributed by atoms with E-state index < -0.39 is 0 Å². The summed E-state index contributed by atoms with van der Waals surface area (Å²) in [6.07, 6.45) is 6.21. The number of benzene rings is 1. The largest absolute Gasteiger partial charge is 1.00 e. The number of nitrogens with zero attached hydrogens (tertiary/aromatic N) is 1. The summed E-state index contributed by atoms with van der Waals surface area (Å²) in [6.45, 7) is 9.99. The van der Waals surface area contributed by atoms with Crippen molar-refractivity contribution in [1.29, 1.82) is 0 Å². The van der Waals surface area contributed by atoms with Gasteiger partial charge in [0, 0.05) is 23.4 Å². The molecule has 0 amide bonds. The molecule has 1 heterocycles. The smallest absolute Gasteiger partial charge is 0.312 e. The van der Waals surface area contributed by atoms with Gasteiger partial charge in [0.05, 0.1) is 16.9 Å². The third-order valence-corrected chi connectivity index (χ3v) is 10.9. The SMILES string of the molecule is Cc1c(CCOC(=O)C23CC4CC(C)(C2)CC(C)(C3)C4C)sc[n+]1CC(=O)c1ccc(Br)cc1.[Br-]. The molecule has 190 valence electrons. The summed E-state index contributed by atoms with van der Waals surface area (Å²) in [5, 5.41) is 0. The van der Waals surface area contributed by atoms with Crippen LogP contribution >= 0.6 is 27.3 Å². The second kappa shape index (κ2) is 9.68. The third kappa shape index (κ3) is 4.94. The summed E-state index contributed by atoms with van der Waals surface area (Å²) >= 11 is 5.05. The fourth-order valence-corrected chi connectivity index (χ4v) is 9.08. The second-order valence-corrected chi connectivity index (χ2v) is 13.8. The molecule has 0 saturated heterocycles. The van der Waals surface area contributed by atoms with Gasteiger partial charge in [-0.3, -0.25) is 9.59 Å². The minimum atomic E-state index is -0.279. The minimum absolute atomic E-state index is 0. The van der Waals surface area contributed by atoms with Crippen LogP contribution in [0.3, 0.4) is 0 Å². The number of halogens is 2. The molecule has 0 N–H and O–H groups in total. The van der Waals surface area contributed by atoms with E-state index in [9.17, 15) is 9.59 Å². The van der Waals surface area contributed by atoms with Gasteiger partial charge in [0.2, 0.25) is 17.8 Å². The van der Waals surface area contributed by atoms with Crippen LogP contribution in [0.2, 0.25) is 0 Å². The van der Waals surface area contributed by atoms with Crippen molar-refractivity contribution in [3.05, 3.63) is 50.4 Å². The Bertz CT molecular complexity index is 1130. The van der Waals surface area contributed by atoms with Crippen LogP contribution in [-0.2, 0) is 22.5 Å². The van der Waals surface area contributed by atoms with Crippen LogP contribution in [0.4, 0.5) is 0 Å². The molecule has 0 radical (unpaired) electrons. The lowest BCUT2D eigenvalue weighted by molar-refractivity contribution is -0.684. The number of Topliss-reactive ketones (excluding diaryl/α,β-unsaturated/α-hetero) is 1. The number of ether oxygens (including phenoxy) is 1. The monoisotopic (exact) mass is 623 g/mol. The summed E-state index contributed by atoms with van der Waals surface area (Å²) in [5.74, 6) is 1.48. The number of aromatic nitrogens is 1. The molecule has 0 aliphatic heterocycles. The van der Waals surface area contributed by atoms with Gasteiger partial charge < -0.3 is 21.7 Å². The molecule has 4 nitrogen and oxygen atoms in total. The van der Waals surface area contributed by atoms with E-state index in [1.54, 1.807) is 11.3 Å². The van der Waals surface area contributed by atoms with Crippen molar-refractivity contribution in [2.75, 3.05) is 6.61 Å². The van der Waals surface area contributed by atoms with Gasteiger partial charge in [0.15, 0.2) is 5.69 Å². The highest BCUT2D eigenvalue weighted by atomic mass is 79.9. The summed E-state index contributed by atoms with van der Waals surface area (Å²) in [5.41, 5.74) is 4.08. The molecule has 1 aromatic heterocycles. The number of thiazole rings is 1. The molecule has 6 rings (SSSR count). The van der Waals surface area contributed by atoms with Gasteiger partial charge in [-0.1, -0.05) is 60.2 Å². The van der Waals surface area contributed by atoms with Crippen molar-refractivity contribution >= 4 is 39.0 Å². The Balaban J connectivity index is 0.00000289. The quantitative estimate of drug-likeness (QED) is 0.270. The van der Waals surface area contributed by atoms with E-state index in [1.165, 1.54) is 17.7 Å². The first-order chi connectivity index (χ1) is 16.0. The van der Waals surface area contributed by atoms with Crippen LogP contribution in [0.1, 0.15) is 73.8 Å². The highest BCUT2D eigenvalue weighted by Crippen LogP contribution is 2.71. The van der Waals surface area contributed by atoms with Gasteiger partial charge >= 0.3 is 5.97 Å². The molecule has 1 aromatic carbocycles. The molecular weight excluding hydrogens is 590 g/mol. The lowest BCUT2D eigenvalue weighted by atomic mass is 9.37. The molecule has 4 saturated carbocycles. The van der Waals surface area contributed by atoms with E-state index in [2.05, 4.69) is 36.7 Å². The van der Waals surface area contributed by atoms with Crippen molar-refractivity contribution in [1.82, 2.24) is 0 Å². The van der Waals surface area contributed by atoms with E-state index in [0.717, 1.165) is 29.4 Å². The number of hydrogen-bond donors (Lipinski definition) is 0. The Morgan fingerprint density at radius 3 is 2.54 bits per heavy atom. The zero-order chi connectivity index (χ0) is 24.3. The summed E-state index contributed by atoms with van der Waals surface area (Å²) in [4.78, 5) is 27.3. The molecule has 7 heteroatoms. The van der Waals surface area contributed by atoms with E-state index in [1.807, 2.05) is 41.3 Å². The highest BCUT2D eigenvalue weighted by Gasteiger charge is 2.65. The van der Waals surface area contributed by atoms with Crippen LogP contribution in [0.15, 0.2) is 34.2 Å². The number of rotatable bonds is 7. The molecule has 5 unspecified atom stereocenters. The van der Waals surface area contributed by atoms with Crippen molar-refractivity contribution in [2.24, 2.45) is 28.1 Å². The van der Waals surface area contributed by atoms with E-state index >= 15 is 0 Å². The van der Waals surface area contributed by atoms with E-state index in [0.29, 0.717) is 42.4 Å². The normalized spacial score (nSPS) is 32.8. The maximum Gasteiger partial charge on any atom is 0.312 e. The minimum Gasteiger partial charge on any atom is -1.00 e. The second-order valence-electron chi connectivity index (χ2n) is 11.9. The van der Waals surface area contributed by atoms with Crippen LogP contribution in [-0.4, -0.2) is 18.4 Å². The predicted octanol–water partition coefficient (Wildman–Crippen LogP) is 3.32. The predicted molar refractivity (Wildman–Crippen MR) is 137 cm³/mol. The number of carbonyl (C=O) groups is 2. The molecule has 5 atom stereocenters. The third-order valence-electron chi connectivity index (χ3n) is 9.18. The molecule has 2 aromatic rings. The fraction of sp³-hybridized carbons (Fsp3) is 0.607. The standard InChI is InChI=1S/C28H35BrNO3S.BrH/c1-18-21-11-26(3)14-27(18,4)16-28(12-21,15-26)25(32)33-10-9-24-19(2)30(17-34-24)13-23(31)20-5-7-22(29)8-6-20;/h5-8,17-18,21H,9-16H2,1-4H3;1H/q+1;/p-1. The molecule has 35 heavy (non-hydrogen) atoms. The van der Waals surface area contributed by atoms with Crippen LogP contribution in [0.5, 0.6) is 0 Å². The zero-order valence-electron chi connectivity index (χ0n) is 21.0. The average molecular weight is 625 g/mol. The van der Waals surface area contributed by atoms with Gasteiger partial charge in [-0.2, -0.15) is 4.57 Å². The van der Waals surface area contributed by atoms with E-state index in [4.69, 9.17) is 4.74 Å². The first-order valence-electron chi connectivity index (χ1n) is 12.5. The Labute approximate surface area is 231 Å². The maximum absolute atomic E-state index is 13.4. The summed E-state index contributed by atoms with van der Waals surface area (Å²) < 4.78 is 8.94. The lowest BCUT2D eigenvalue weighted by Crippen LogP contribution is -3.00. The van der Waals surface area contributed by atoms with Gasteiger partial charge in [0.1, 0.15) is 0 Å². The van der Waals surface area contributed by atoms with Gasteiger partial charge in [-0.15, -0.1) is 0 Å². The van der Waals surface area contributed by atoms with Gasteiger partial charge in [-0.25, -0.2) is 0 Å². The average Bonchev–Trinajstić information content (AvgIpc) is 3.10. The van der Waals surface area contributed by atoms with Crippen molar-refractivity contribution in [3.63, 3.8) is 0 Å². The molecule has 4 aliphatic carbocycles. The lowest BCUT2D eigenvalue weighted by Gasteiger charge is -2.67. The molecular formula is C28H35Br2NO3S. The summed E-state index contributed by atoms with van der Waals surface area (Å²) in [7, 11) is 0. The molecule has 0 spiro atoms. The Morgan fingerprint density at radius 1 is 1.14 bits per heavy atom. The Morgan fingerprint density at radius 2 is 1.86 bits per heavy atom. The van der Waals surface area contributed by atoms with Gasteiger partial charge in [-0.05, 0) is 66.9 Å². The van der Waals surface area contributed by atoms with Crippen molar-refractivity contribution < 1.29 is 35.9 Å². The number of ketones is 1. The highest BCUT2D eigenvalue weighted by molar-refractivity contribution is 9.10. The van der Waals surface area contributed by atoms with Crippen LogP contribution in [0, 0.1) is 35.0 Å². The van der Waals surface area contributed by atoms with Crippen LogP contribution in [0.25, 0.3) is 0 Å². The number of carbonyl (C=O) groups excluding carboxylic acids is 2. The number of hydrogen-bond acceptors (Lipinski definition) is 4. The zero-order valence-corrected chi connectivity index (χ0v) is 25.0. The van der Waals surface area contributed by atoms with Crippen molar-refractivity contribution in [2.45, 2.75) is 72.8 Å². The maximum atomic E-state index is 13.4. The van der Waals surface area contributed by atoms with Gasteiger partial charge in [0.25, 0.3) is 0 Å². The van der Waals surface area contributed by atoms with E-state index in [-0.39, 0.29) is 39.6 Å². The molecule has 4 bridgehead atoms. The molecule has 4 fully saturated rings. The summed E-state index contributed by atoms with van der Waals surface area (Å²) in [6, 6.07) is 7.48. The van der Waals surface area contributed by atoms with Crippen molar-refractivity contribution in [3.8, 4) is 0 Å². The Kier molecular flexibility index (Phi) is 7.47. The molecule has 4 aliphatic rings. The first-order valence-corrected chi connectivity index (χ1v) is 14.1.